The molecule has 0 saturated carbocycles. The lowest BCUT2D eigenvalue weighted by Gasteiger charge is -2.19. The van der Waals surface area contributed by atoms with Crippen molar-refractivity contribution in [3.63, 3.8) is 0 Å². The van der Waals surface area contributed by atoms with Crippen molar-refractivity contribution in [3.05, 3.63) is 71.0 Å². The first-order chi connectivity index (χ1) is 11.7. The molecule has 25 heavy (non-hydrogen) atoms. The minimum absolute atomic E-state index is 0.0774. The molecule has 7 heteroatoms. The Kier molecular flexibility index (Phi) is 6.27. The maximum Gasteiger partial charge on any atom is 0.303 e. The fraction of sp³-hybridized carbons (Fsp3) is 0.278. The summed E-state index contributed by atoms with van der Waals surface area (Å²) in [5.41, 5.74) is 2.12. The minimum Gasteiger partial charge on any atom is -0.481 e. The summed E-state index contributed by atoms with van der Waals surface area (Å²) in [5.74, 6) is -1.67. The van der Waals surface area contributed by atoms with Gasteiger partial charge >= 0.3 is 5.97 Å². The molecule has 5 nitrogen and oxygen atoms in total. The number of rotatable bonds is 8. The van der Waals surface area contributed by atoms with Crippen molar-refractivity contribution in [2.75, 3.05) is 0 Å². The van der Waals surface area contributed by atoms with E-state index < -0.39 is 27.9 Å². The van der Waals surface area contributed by atoms with Crippen LogP contribution in [-0.2, 0) is 20.6 Å². The summed E-state index contributed by atoms with van der Waals surface area (Å²) in [7, 11) is -3.69. The minimum atomic E-state index is -3.69. The highest BCUT2D eigenvalue weighted by Crippen LogP contribution is 2.21. The monoisotopic (exact) mass is 365 g/mol. The molecule has 0 spiro atoms. The molecule has 0 saturated heterocycles. The van der Waals surface area contributed by atoms with Crippen molar-refractivity contribution in [2.45, 2.75) is 31.6 Å². The smallest absolute Gasteiger partial charge is 0.303 e. The molecular formula is C18H20FNO4S. The fourth-order valence-corrected chi connectivity index (χ4v) is 3.93. The summed E-state index contributed by atoms with van der Waals surface area (Å²) in [5, 5.41) is 8.88. The van der Waals surface area contributed by atoms with Crippen molar-refractivity contribution in [1.82, 2.24) is 4.72 Å². The summed E-state index contributed by atoms with van der Waals surface area (Å²) in [6.07, 6.45) is -0.122. The average molecular weight is 365 g/mol. The van der Waals surface area contributed by atoms with Gasteiger partial charge in [0.05, 0.1) is 5.75 Å². The first-order valence-electron chi connectivity index (χ1n) is 7.78. The van der Waals surface area contributed by atoms with Gasteiger partial charge < -0.3 is 5.11 Å². The predicted molar refractivity (Wildman–Crippen MR) is 92.9 cm³/mol. The van der Waals surface area contributed by atoms with Gasteiger partial charge in [-0.05, 0) is 36.6 Å². The van der Waals surface area contributed by atoms with Gasteiger partial charge in [-0.25, -0.2) is 17.5 Å². The van der Waals surface area contributed by atoms with Crippen molar-refractivity contribution in [3.8, 4) is 0 Å². The molecular weight excluding hydrogens is 345 g/mol. The van der Waals surface area contributed by atoms with Crippen molar-refractivity contribution in [2.24, 2.45) is 0 Å². The van der Waals surface area contributed by atoms with Crippen LogP contribution in [0, 0.1) is 12.7 Å². The molecule has 0 aliphatic heterocycles. The Bertz CT molecular complexity index is 834. The predicted octanol–water partition coefficient (Wildman–Crippen LogP) is 3.16. The van der Waals surface area contributed by atoms with E-state index in [1.165, 1.54) is 24.3 Å². The van der Waals surface area contributed by atoms with Crippen LogP contribution in [0.2, 0.25) is 0 Å². The highest BCUT2D eigenvalue weighted by atomic mass is 32.2. The average Bonchev–Trinajstić information content (AvgIpc) is 2.51. The molecule has 0 aromatic heterocycles. The van der Waals surface area contributed by atoms with Crippen LogP contribution in [0.15, 0.2) is 48.5 Å². The Morgan fingerprint density at radius 1 is 1.20 bits per heavy atom. The second kappa shape index (κ2) is 8.22. The topological polar surface area (TPSA) is 83.5 Å². The van der Waals surface area contributed by atoms with E-state index in [0.29, 0.717) is 11.1 Å². The van der Waals surface area contributed by atoms with Crippen LogP contribution in [0.25, 0.3) is 0 Å². The molecule has 0 aliphatic rings. The second-order valence-electron chi connectivity index (χ2n) is 5.90. The maximum absolute atomic E-state index is 13.1. The van der Waals surface area contributed by atoms with Crippen LogP contribution in [-0.4, -0.2) is 19.5 Å². The van der Waals surface area contributed by atoms with Crippen LogP contribution < -0.4 is 4.72 Å². The number of hydrogen-bond donors (Lipinski definition) is 2. The van der Waals surface area contributed by atoms with E-state index >= 15 is 0 Å². The van der Waals surface area contributed by atoms with E-state index in [2.05, 4.69) is 4.72 Å². The summed E-state index contributed by atoms with van der Waals surface area (Å²) < 4.78 is 40.6. The molecule has 0 fully saturated rings. The molecule has 134 valence electrons. The van der Waals surface area contributed by atoms with Gasteiger partial charge in [-0.15, -0.1) is 0 Å². The summed E-state index contributed by atoms with van der Waals surface area (Å²) in [6, 6.07) is 11.8. The zero-order chi connectivity index (χ0) is 18.4. The van der Waals surface area contributed by atoms with Crippen molar-refractivity contribution in [1.29, 1.82) is 0 Å². The number of carbonyl (C=O) groups is 1. The molecule has 2 N–H and O–H groups in total. The Labute approximate surface area is 146 Å². The largest absolute Gasteiger partial charge is 0.481 e. The zero-order valence-electron chi connectivity index (χ0n) is 13.8. The maximum atomic E-state index is 13.1. The van der Waals surface area contributed by atoms with Crippen LogP contribution in [0.1, 0.15) is 35.6 Å². The van der Waals surface area contributed by atoms with E-state index in [9.17, 15) is 17.6 Å². The van der Waals surface area contributed by atoms with Crippen LogP contribution in [0.4, 0.5) is 4.39 Å². The lowest BCUT2D eigenvalue weighted by Crippen LogP contribution is -2.30. The molecule has 1 atom stereocenters. The third-order valence-corrected chi connectivity index (χ3v) is 5.04. The number of sulfonamides is 1. The van der Waals surface area contributed by atoms with Crippen molar-refractivity contribution >= 4 is 16.0 Å². The van der Waals surface area contributed by atoms with E-state index in [0.717, 1.165) is 5.56 Å². The first-order valence-corrected chi connectivity index (χ1v) is 9.43. The first kappa shape index (κ1) is 19.1. The number of halogens is 1. The fourth-order valence-electron chi connectivity index (χ4n) is 2.54. The van der Waals surface area contributed by atoms with Gasteiger partial charge in [-0.3, -0.25) is 4.79 Å². The van der Waals surface area contributed by atoms with Crippen LogP contribution >= 0.6 is 0 Å². The molecule has 2 aromatic rings. The lowest BCUT2D eigenvalue weighted by atomic mass is 10.0. The van der Waals surface area contributed by atoms with Gasteiger partial charge in [0.2, 0.25) is 10.0 Å². The van der Waals surface area contributed by atoms with E-state index in [4.69, 9.17) is 5.11 Å². The molecule has 0 radical (unpaired) electrons. The van der Waals surface area contributed by atoms with Gasteiger partial charge in [-0.1, -0.05) is 42.0 Å². The Balaban J connectivity index is 2.18. The molecule has 0 heterocycles. The second-order valence-corrected chi connectivity index (χ2v) is 7.66. The van der Waals surface area contributed by atoms with Gasteiger partial charge in [0, 0.05) is 12.5 Å². The highest BCUT2D eigenvalue weighted by Gasteiger charge is 2.21. The van der Waals surface area contributed by atoms with Gasteiger partial charge in [-0.2, -0.15) is 0 Å². The number of hydrogen-bond acceptors (Lipinski definition) is 3. The molecule has 0 aliphatic carbocycles. The Morgan fingerprint density at radius 2 is 1.88 bits per heavy atom. The van der Waals surface area contributed by atoms with Gasteiger partial charge in [0.15, 0.2) is 0 Å². The third-order valence-electron chi connectivity index (χ3n) is 3.68. The zero-order valence-corrected chi connectivity index (χ0v) is 14.6. The number of nitrogens with one attached hydrogen (secondary N) is 1. The van der Waals surface area contributed by atoms with Crippen LogP contribution in [0.3, 0.4) is 0 Å². The van der Waals surface area contributed by atoms with E-state index in [1.54, 1.807) is 18.2 Å². The van der Waals surface area contributed by atoms with E-state index in [1.807, 2.05) is 13.0 Å². The SMILES string of the molecule is Cc1cccc(CS(=O)(=O)NC(CCC(=O)O)c2ccc(F)cc2)c1. The lowest BCUT2D eigenvalue weighted by molar-refractivity contribution is -0.137. The summed E-state index contributed by atoms with van der Waals surface area (Å²) in [4.78, 5) is 10.8. The van der Waals surface area contributed by atoms with Gasteiger partial charge in [0.25, 0.3) is 0 Å². The number of carboxylic acids is 1. The number of aliphatic carboxylic acids is 1. The van der Waals surface area contributed by atoms with E-state index in [-0.39, 0.29) is 18.6 Å². The molecule has 0 bridgehead atoms. The number of aryl methyl sites for hydroxylation is 1. The molecule has 1 unspecified atom stereocenters. The summed E-state index contributed by atoms with van der Waals surface area (Å²) in [6.45, 7) is 1.87. The molecule has 0 amide bonds. The highest BCUT2D eigenvalue weighted by molar-refractivity contribution is 7.88. The standard InChI is InChI=1S/C18H20FNO4S/c1-13-3-2-4-14(11-13)12-25(23,24)20-17(9-10-18(21)22)15-5-7-16(19)8-6-15/h2-8,11,17,20H,9-10,12H2,1H3,(H,21,22). The Morgan fingerprint density at radius 3 is 2.48 bits per heavy atom. The van der Waals surface area contributed by atoms with Crippen molar-refractivity contribution < 1.29 is 22.7 Å². The number of benzene rings is 2. The quantitative estimate of drug-likeness (QED) is 0.753. The van der Waals surface area contributed by atoms with Gasteiger partial charge in [0.1, 0.15) is 5.82 Å². The molecule has 2 rings (SSSR count). The third kappa shape index (κ3) is 6.28. The summed E-state index contributed by atoms with van der Waals surface area (Å²) >= 11 is 0. The number of carboxylic acid groups (broad SMARTS) is 1. The Hall–Kier alpha value is -2.25. The van der Waals surface area contributed by atoms with Crippen LogP contribution in [0.5, 0.6) is 0 Å². The molecule has 2 aromatic carbocycles. The normalized spacial score (nSPS) is 12.7.